The smallest absolute Gasteiger partial charge is 0.459 e. The summed E-state index contributed by atoms with van der Waals surface area (Å²) < 4.78 is 51.7. The monoisotopic (exact) mass is 1020 g/mol. The summed E-state index contributed by atoms with van der Waals surface area (Å²) >= 11 is 1.67. The van der Waals surface area contributed by atoms with Crippen LogP contribution in [-0.4, -0.2) is 98.7 Å². The number of carbonyl (C=O) groups excluding carboxylic acids is 1. The quantitative estimate of drug-likeness (QED) is 0.0156. The number of aliphatic hydroxyl groups is 2. The lowest BCUT2D eigenvalue weighted by molar-refractivity contribution is -0.161. The third kappa shape index (κ3) is 25.1. The minimum Gasteiger partial charge on any atom is -0.459 e. The van der Waals surface area contributed by atoms with Crippen LogP contribution in [0.1, 0.15) is 213 Å². The van der Waals surface area contributed by atoms with Crippen LogP contribution in [0, 0.1) is 0 Å². The number of nitrogen functional groups attached to an aromatic ring is 1. The van der Waals surface area contributed by atoms with Gasteiger partial charge in [-0.15, -0.1) is 0 Å². The van der Waals surface area contributed by atoms with E-state index in [9.17, 15) is 29.0 Å². The van der Waals surface area contributed by atoms with E-state index >= 15 is 0 Å². The molecule has 1 fully saturated rings. The highest BCUT2D eigenvalue weighted by Crippen LogP contribution is 2.58. The molecule has 394 valence electrons. The molecule has 8 atom stereocenters. The number of thioether (sulfide) groups is 1. The molecule has 3 rings (SSSR count). The Morgan fingerprint density at radius 2 is 1.28 bits per heavy atom. The van der Waals surface area contributed by atoms with Gasteiger partial charge in [-0.05, 0) is 12.8 Å². The lowest BCUT2D eigenvalue weighted by atomic mass is 10.0. The van der Waals surface area contributed by atoms with E-state index in [1.165, 1.54) is 152 Å². The fraction of sp³-hybridized carbons (Fsp3) is 0.872. The number of unbranched alkanes of at least 4 members (excludes halogenated alkanes) is 25. The van der Waals surface area contributed by atoms with Crippen LogP contribution in [0.25, 0.3) is 11.2 Å². The summed E-state index contributed by atoms with van der Waals surface area (Å²) in [5, 5.41) is 22.6. The first-order chi connectivity index (χ1) is 32.7. The van der Waals surface area contributed by atoms with Gasteiger partial charge >= 0.3 is 21.6 Å². The van der Waals surface area contributed by atoms with Gasteiger partial charge in [-0.25, -0.2) is 24.1 Å². The summed E-state index contributed by atoms with van der Waals surface area (Å²) in [5.74, 6) is 0.0924. The van der Waals surface area contributed by atoms with Gasteiger partial charge in [0.1, 0.15) is 36.3 Å². The first-order valence-corrected chi connectivity index (χ1v) is 29.9. The van der Waals surface area contributed by atoms with Crippen LogP contribution >= 0.6 is 27.4 Å². The molecule has 21 heteroatoms. The van der Waals surface area contributed by atoms with Crippen molar-refractivity contribution in [2.24, 2.45) is 0 Å². The zero-order valence-electron chi connectivity index (χ0n) is 41.3. The Bertz CT molecular complexity index is 1740. The summed E-state index contributed by atoms with van der Waals surface area (Å²) in [6.45, 7) is 6.45. The minimum atomic E-state index is -5.57. The molecule has 2 aromatic rings. The molecule has 0 radical (unpaired) electrons. The molecule has 3 heterocycles. The fourth-order valence-electron chi connectivity index (χ4n) is 8.57. The number of nitrogens with two attached hydrogens (primary N) is 1. The number of carbonyl (C=O) groups is 1. The molecule has 1 aliphatic rings. The van der Waals surface area contributed by atoms with Crippen LogP contribution < -0.4 is 5.73 Å². The van der Waals surface area contributed by atoms with Gasteiger partial charge in [-0.2, -0.15) is 16.1 Å². The molecule has 0 spiro atoms. The van der Waals surface area contributed by atoms with Crippen molar-refractivity contribution < 1.29 is 61.9 Å². The topological polar surface area (TPSA) is 268 Å². The first-order valence-electron chi connectivity index (χ1n) is 25.8. The van der Waals surface area contributed by atoms with E-state index in [-0.39, 0.29) is 41.2 Å². The summed E-state index contributed by atoms with van der Waals surface area (Å²) in [5.41, 5.74) is 6.39. The summed E-state index contributed by atoms with van der Waals surface area (Å²) in [6.07, 6.45) is 27.8. The highest BCUT2D eigenvalue weighted by Gasteiger charge is 2.51. The van der Waals surface area contributed by atoms with Crippen molar-refractivity contribution in [3.8, 4) is 0 Å². The van der Waals surface area contributed by atoms with E-state index in [1.807, 2.05) is 0 Å². The Labute approximate surface area is 410 Å². The van der Waals surface area contributed by atoms with Gasteiger partial charge in [0.05, 0.1) is 12.9 Å². The van der Waals surface area contributed by atoms with E-state index in [2.05, 4.69) is 44.6 Å². The third-order valence-electron chi connectivity index (χ3n) is 12.4. The molecule has 0 amide bonds. The number of imidazole rings is 1. The third-order valence-corrected chi connectivity index (χ3v) is 16.0. The van der Waals surface area contributed by atoms with Crippen LogP contribution in [0.5, 0.6) is 0 Å². The van der Waals surface area contributed by atoms with Crippen molar-refractivity contribution in [1.29, 1.82) is 0 Å². The standard InChI is InChI=1S/C47H87N5O13P2S/c1-4-6-8-10-12-14-16-18-20-21-23-25-27-29-31-37(3)68-34-38(62-39(53)32-30-28-26-24-22-19-17-15-13-11-9-7-5-2)33-61-42-41(54)43(47(55)64-67(59,60)65-66(56,57)58)63-46(42)52-36-51-40-44(48)49-35-50-45(40)52/h35-38,41-43,46-47,54-55H,4-34H2,1-3H3,(H,59,60)(H2,48,49,50)(H2,56,57,58)/t37?,38?,41-,42-,43-,46+,47?/m0/s1. The maximum absolute atomic E-state index is 13.3. The number of nitrogens with zero attached hydrogens (tertiary/aromatic N) is 4. The number of aliphatic hydroxyl groups excluding tert-OH is 2. The number of hydrogen-bond donors (Lipinski definition) is 6. The van der Waals surface area contributed by atoms with Crippen molar-refractivity contribution in [3.63, 3.8) is 0 Å². The van der Waals surface area contributed by atoms with E-state index in [0.717, 1.165) is 38.5 Å². The predicted molar refractivity (Wildman–Crippen MR) is 266 cm³/mol. The van der Waals surface area contributed by atoms with Crippen LogP contribution in [-0.2, 0) is 37.0 Å². The van der Waals surface area contributed by atoms with Crippen molar-refractivity contribution in [3.05, 3.63) is 12.7 Å². The van der Waals surface area contributed by atoms with Crippen molar-refractivity contribution >= 4 is 50.4 Å². The minimum absolute atomic E-state index is 0.0520. The number of esters is 1. The SMILES string of the molecule is CCCCCCCCCCCCCCCCC(C)SCC(CO[C@H]1[C@H](O)[C@@H](C(O)OP(=O)(O)OP(=O)(O)O)O[C@H]1n1cnc2c(N)ncnc21)OC(=O)CCCCCCCCCCCCCCC. The molecule has 68 heavy (non-hydrogen) atoms. The summed E-state index contributed by atoms with van der Waals surface area (Å²) in [7, 11) is -11.1. The fourth-order valence-corrected chi connectivity index (χ4v) is 11.2. The number of hydrogen-bond acceptors (Lipinski definition) is 15. The molecule has 2 aromatic heterocycles. The van der Waals surface area contributed by atoms with Gasteiger partial charge in [0.2, 0.25) is 0 Å². The van der Waals surface area contributed by atoms with Gasteiger partial charge < -0.3 is 44.8 Å². The summed E-state index contributed by atoms with van der Waals surface area (Å²) in [4.78, 5) is 53.8. The number of anilines is 1. The normalized spacial score (nSPS) is 19.9. The second kappa shape index (κ2) is 34.6. The van der Waals surface area contributed by atoms with Gasteiger partial charge in [-0.1, -0.05) is 188 Å². The number of fused-ring (bicyclic) bond motifs is 1. The zero-order valence-corrected chi connectivity index (χ0v) is 43.9. The molecule has 0 aromatic carbocycles. The van der Waals surface area contributed by atoms with E-state index in [1.54, 1.807) is 11.8 Å². The number of ether oxygens (including phenoxy) is 3. The number of aromatic nitrogens is 4. The van der Waals surface area contributed by atoms with Gasteiger partial charge in [0.15, 0.2) is 24.0 Å². The number of phosphoric acid groups is 2. The predicted octanol–water partition coefficient (Wildman–Crippen LogP) is 11.0. The lowest BCUT2D eigenvalue weighted by Gasteiger charge is -2.26. The Hall–Kier alpha value is -1.73. The average Bonchev–Trinajstić information content (AvgIpc) is 3.86. The van der Waals surface area contributed by atoms with Crippen LogP contribution in [0.2, 0.25) is 0 Å². The zero-order chi connectivity index (χ0) is 49.6. The van der Waals surface area contributed by atoms with Gasteiger partial charge in [0, 0.05) is 17.4 Å². The highest BCUT2D eigenvalue weighted by atomic mass is 32.2. The second-order valence-electron chi connectivity index (χ2n) is 18.5. The van der Waals surface area contributed by atoms with E-state index in [4.69, 9.17) is 29.7 Å². The molecule has 18 nitrogen and oxygen atoms in total. The van der Waals surface area contributed by atoms with Crippen LogP contribution in [0.3, 0.4) is 0 Å². The molecular weight excluding hydrogens is 937 g/mol. The molecule has 7 N–H and O–H groups in total. The lowest BCUT2D eigenvalue weighted by Crippen LogP contribution is -2.42. The molecule has 0 aliphatic carbocycles. The number of phosphoric ester groups is 1. The average molecular weight is 1020 g/mol. The van der Waals surface area contributed by atoms with Gasteiger partial charge in [0.25, 0.3) is 0 Å². The molecule has 1 saturated heterocycles. The Kier molecular flexibility index (Phi) is 30.8. The first kappa shape index (κ1) is 60.6. The largest absolute Gasteiger partial charge is 0.483 e. The second-order valence-corrected chi connectivity index (χ2v) is 22.8. The molecule has 1 aliphatic heterocycles. The molecule has 0 saturated carbocycles. The maximum Gasteiger partial charge on any atom is 0.483 e. The molecular formula is C47H87N5O13P2S. The van der Waals surface area contributed by atoms with Crippen LogP contribution in [0.4, 0.5) is 5.82 Å². The van der Waals surface area contributed by atoms with Crippen molar-refractivity contribution in [1.82, 2.24) is 19.5 Å². The van der Waals surface area contributed by atoms with Crippen molar-refractivity contribution in [2.45, 2.75) is 249 Å². The Balaban J connectivity index is 1.58. The van der Waals surface area contributed by atoms with E-state index in [0.29, 0.717) is 12.2 Å². The van der Waals surface area contributed by atoms with Gasteiger partial charge in [-0.3, -0.25) is 13.9 Å². The van der Waals surface area contributed by atoms with E-state index < -0.39 is 52.6 Å². The Morgan fingerprint density at radius 1 is 0.779 bits per heavy atom. The van der Waals surface area contributed by atoms with Crippen molar-refractivity contribution in [2.75, 3.05) is 18.1 Å². The number of rotatable bonds is 42. The molecule has 4 unspecified atom stereocenters. The maximum atomic E-state index is 13.3. The molecule has 0 bridgehead atoms. The van der Waals surface area contributed by atoms with Crippen LogP contribution in [0.15, 0.2) is 12.7 Å². The summed E-state index contributed by atoms with van der Waals surface area (Å²) in [6, 6.07) is 0. The highest BCUT2D eigenvalue weighted by molar-refractivity contribution is 7.99. The Morgan fingerprint density at radius 3 is 1.79 bits per heavy atom.